The van der Waals surface area contributed by atoms with E-state index in [1.54, 1.807) is 6.07 Å². The molecular formula is C15H15N3O6. The summed E-state index contributed by atoms with van der Waals surface area (Å²) in [5, 5.41) is 14.2. The number of hydrogen-bond donors (Lipinski definition) is 1. The Hall–Kier alpha value is -2.81. The first-order chi connectivity index (χ1) is 11.4. The molecule has 24 heavy (non-hydrogen) atoms. The van der Waals surface area contributed by atoms with Crippen LogP contribution >= 0.6 is 0 Å². The van der Waals surface area contributed by atoms with Gasteiger partial charge < -0.3 is 4.74 Å². The van der Waals surface area contributed by atoms with Gasteiger partial charge in [0.1, 0.15) is 6.04 Å². The third kappa shape index (κ3) is 2.16. The van der Waals surface area contributed by atoms with Crippen molar-refractivity contribution in [1.29, 1.82) is 0 Å². The molecule has 1 aromatic carbocycles. The van der Waals surface area contributed by atoms with E-state index in [1.807, 2.05) is 0 Å². The maximum absolute atomic E-state index is 12.5. The minimum Gasteiger partial charge on any atom is -0.468 e. The molecule has 2 saturated heterocycles. The lowest BCUT2D eigenvalue weighted by Crippen LogP contribution is -2.42. The topological polar surface area (TPSA) is 119 Å². The van der Waals surface area contributed by atoms with Crippen LogP contribution in [0.5, 0.6) is 0 Å². The number of nitro groups is 1. The minimum absolute atomic E-state index is 0.172. The summed E-state index contributed by atoms with van der Waals surface area (Å²) in [4.78, 5) is 48.5. The highest BCUT2D eigenvalue weighted by Gasteiger charge is 2.61. The van der Waals surface area contributed by atoms with Gasteiger partial charge in [0.05, 0.1) is 29.9 Å². The molecule has 0 aliphatic carbocycles. The average Bonchev–Trinajstić information content (AvgIpc) is 3.07. The monoisotopic (exact) mass is 333 g/mol. The Balaban J connectivity index is 2.10. The lowest BCUT2D eigenvalue weighted by molar-refractivity contribution is -0.385. The van der Waals surface area contributed by atoms with Crippen LogP contribution in [0.4, 0.5) is 5.69 Å². The fraction of sp³-hybridized carbons (Fsp3) is 0.400. The Morgan fingerprint density at radius 2 is 1.88 bits per heavy atom. The van der Waals surface area contributed by atoms with Gasteiger partial charge in [-0.05, 0) is 0 Å². The normalized spacial score (nSPS) is 28.8. The van der Waals surface area contributed by atoms with Crippen LogP contribution in [0.3, 0.4) is 0 Å². The predicted molar refractivity (Wildman–Crippen MR) is 79.5 cm³/mol. The van der Waals surface area contributed by atoms with Gasteiger partial charge in [-0.2, -0.15) is 0 Å². The van der Waals surface area contributed by atoms with Crippen LogP contribution in [-0.4, -0.2) is 47.8 Å². The van der Waals surface area contributed by atoms with Crippen LogP contribution in [0.15, 0.2) is 24.3 Å². The molecule has 9 nitrogen and oxygen atoms in total. The second kappa shape index (κ2) is 5.68. The first-order valence-electron chi connectivity index (χ1n) is 7.27. The van der Waals surface area contributed by atoms with Crippen molar-refractivity contribution in [3.05, 3.63) is 39.9 Å². The number of esters is 1. The quantitative estimate of drug-likeness (QED) is 0.358. The smallest absolute Gasteiger partial charge is 0.323 e. The van der Waals surface area contributed by atoms with E-state index >= 15 is 0 Å². The number of fused-ring (bicyclic) bond motifs is 1. The molecule has 2 aliphatic heterocycles. The number of carbonyl (C=O) groups excluding carboxylic acids is 3. The van der Waals surface area contributed by atoms with Gasteiger partial charge in [0.15, 0.2) is 0 Å². The number of ether oxygens (including phenoxy) is 1. The molecule has 3 rings (SSSR count). The number of nitro benzene ring substituents is 1. The Bertz CT molecular complexity index is 748. The number of nitrogens with one attached hydrogen (secondary N) is 1. The molecular weight excluding hydrogens is 318 g/mol. The number of benzene rings is 1. The first-order valence-corrected chi connectivity index (χ1v) is 7.27. The summed E-state index contributed by atoms with van der Waals surface area (Å²) in [5.74, 6) is -3.45. The summed E-state index contributed by atoms with van der Waals surface area (Å²) in [7, 11) is 2.52. The predicted octanol–water partition coefficient (Wildman–Crippen LogP) is 0.0117. The van der Waals surface area contributed by atoms with Crippen molar-refractivity contribution in [2.75, 3.05) is 14.2 Å². The summed E-state index contributed by atoms with van der Waals surface area (Å²) in [5.41, 5.74) is 0.0921. The van der Waals surface area contributed by atoms with Gasteiger partial charge >= 0.3 is 5.97 Å². The molecule has 126 valence electrons. The van der Waals surface area contributed by atoms with Gasteiger partial charge in [0.2, 0.25) is 11.8 Å². The summed E-state index contributed by atoms with van der Waals surface area (Å²) in [6.45, 7) is 0. The molecule has 4 unspecified atom stereocenters. The molecule has 1 aromatic rings. The average molecular weight is 333 g/mol. The van der Waals surface area contributed by atoms with Crippen LogP contribution in [0.2, 0.25) is 0 Å². The second-order valence-corrected chi connectivity index (χ2v) is 5.75. The van der Waals surface area contributed by atoms with E-state index in [-0.39, 0.29) is 11.3 Å². The van der Waals surface area contributed by atoms with Crippen LogP contribution in [-0.2, 0) is 19.1 Å². The summed E-state index contributed by atoms with van der Waals surface area (Å²) < 4.78 is 4.71. The Kier molecular flexibility index (Phi) is 3.80. The fourth-order valence-corrected chi connectivity index (χ4v) is 3.51. The molecule has 0 radical (unpaired) electrons. The van der Waals surface area contributed by atoms with E-state index in [0.29, 0.717) is 0 Å². The van der Waals surface area contributed by atoms with Gasteiger partial charge in [0.25, 0.3) is 5.69 Å². The Labute approximate surface area is 136 Å². The molecule has 0 bridgehead atoms. The van der Waals surface area contributed by atoms with Crippen molar-refractivity contribution in [3.8, 4) is 0 Å². The van der Waals surface area contributed by atoms with Crippen LogP contribution in [0, 0.1) is 22.0 Å². The largest absolute Gasteiger partial charge is 0.468 e. The molecule has 4 atom stereocenters. The van der Waals surface area contributed by atoms with E-state index in [2.05, 4.69) is 5.32 Å². The number of nitrogens with zero attached hydrogens (tertiary/aromatic N) is 2. The first kappa shape index (κ1) is 16.1. The maximum Gasteiger partial charge on any atom is 0.323 e. The minimum atomic E-state index is -1.02. The Morgan fingerprint density at radius 1 is 1.25 bits per heavy atom. The van der Waals surface area contributed by atoms with Crippen molar-refractivity contribution in [1.82, 2.24) is 10.2 Å². The SMILES string of the molecule is COC(=O)C1NC(c2ccccc2[N+](=O)[O-])C2C(=O)N(C)C(=O)C12. The van der Waals surface area contributed by atoms with Crippen LogP contribution in [0.1, 0.15) is 11.6 Å². The van der Waals surface area contributed by atoms with Gasteiger partial charge in [-0.1, -0.05) is 18.2 Å². The maximum atomic E-state index is 12.5. The molecule has 2 aliphatic rings. The van der Waals surface area contributed by atoms with Gasteiger partial charge in [-0.3, -0.25) is 34.7 Å². The molecule has 0 aromatic heterocycles. The number of rotatable bonds is 3. The van der Waals surface area contributed by atoms with Crippen molar-refractivity contribution < 1.29 is 24.0 Å². The van der Waals surface area contributed by atoms with Crippen LogP contribution < -0.4 is 5.32 Å². The molecule has 2 heterocycles. The summed E-state index contributed by atoms with van der Waals surface area (Å²) in [6, 6.07) is 4.12. The lowest BCUT2D eigenvalue weighted by atomic mass is 9.86. The zero-order valence-corrected chi connectivity index (χ0v) is 13.0. The number of likely N-dealkylation sites (tertiary alicyclic amines) is 1. The third-order valence-corrected chi connectivity index (χ3v) is 4.62. The van der Waals surface area contributed by atoms with Gasteiger partial charge in [-0.15, -0.1) is 0 Å². The molecule has 9 heteroatoms. The number of hydrogen-bond acceptors (Lipinski definition) is 7. The standard InChI is InChI=1S/C15H15N3O6/c1-17-13(19)9-10(14(17)20)12(15(21)24-2)16-11(9)7-5-3-4-6-8(7)18(22)23/h3-6,9-12,16H,1-2H3. The van der Waals surface area contributed by atoms with E-state index in [9.17, 15) is 24.5 Å². The lowest BCUT2D eigenvalue weighted by Gasteiger charge is -2.19. The third-order valence-electron chi connectivity index (χ3n) is 4.62. The fourth-order valence-electron chi connectivity index (χ4n) is 3.51. The van der Waals surface area contributed by atoms with E-state index < -0.39 is 46.6 Å². The van der Waals surface area contributed by atoms with E-state index in [4.69, 9.17) is 4.74 Å². The highest BCUT2D eigenvalue weighted by molar-refractivity contribution is 6.08. The van der Waals surface area contributed by atoms with E-state index in [1.165, 1.54) is 32.4 Å². The molecule has 1 N–H and O–H groups in total. The Morgan fingerprint density at radius 3 is 2.50 bits per heavy atom. The number of para-hydroxylation sites is 1. The highest BCUT2D eigenvalue weighted by Crippen LogP contribution is 2.45. The van der Waals surface area contributed by atoms with Crippen molar-refractivity contribution in [2.45, 2.75) is 12.1 Å². The number of imide groups is 1. The summed E-state index contributed by atoms with van der Waals surface area (Å²) >= 11 is 0. The number of carbonyl (C=O) groups is 3. The van der Waals surface area contributed by atoms with E-state index in [0.717, 1.165) is 4.90 Å². The van der Waals surface area contributed by atoms with Crippen molar-refractivity contribution >= 4 is 23.5 Å². The number of methoxy groups -OCH3 is 1. The van der Waals surface area contributed by atoms with Crippen molar-refractivity contribution in [3.63, 3.8) is 0 Å². The molecule has 2 fully saturated rings. The van der Waals surface area contributed by atoms with Gasteiger partial charge in [-0.25, -0.2) is 0 Å². The zero-order valence-electron chi connectivity index (χ0n) is 13.0. The molecule has 0 spiro atoms. The summed E-state index contributed by atoms with van der Waals surface area (Å²) in [6.07, 6.45) is 0. The molecule has 2 amide bonds. The van der Waals surface area contributed by atoms with Gasteiger partial charge in [0, 0.05) is 18.7 Å². The zero-order chi connectivity index (χ0) is 17.6. The highest BCUT2D eigenvalue weighted by atomic mass is 16.6. The molecule has 0 saturated carbocycles. The van der Waals surface area contributed by atoms with Crippen LogP contribution in [0.25, 0.3) is 0 Å². The van der Waals surface area contributed by atoms with Crippen molar-refractivity contribution in [2.24, 2.45) is 11.8 Å². The second-order valence-electron chi connectivity index (χ2n) is 5.75. The number of amides is 2.